The summed E-state index contributed by atoms with van der Waals surface area (Å²) in [7, 11) is 0. The van der Waals surface area contributed by atoms with E-state index in [-0.39, 0.29) is 11.8 Å². The van der Waals surface area contributed by atoms with Crippen molar-refractivity contribution in [1.82, 2.24) is 4.98 Å². The van der Waals surface area contributed by atoms with E-state index in [1.807, 2.05) is 5.38 Å². The molecule has 14 heavy (non-hydrogen) atoms. The number of thiazole rings is 1. The van der Waals surface area contributed by atoms with Gasteiger partial charge in [0, 0.05) is 17.5 Å². The molecule has 1 aliphatic rings. The van der Waals surface area contributed by atoms with E-state index in [4.69, 9.17) is 0 Å². The van der Waals surface area contributed by atoms with Gasteiger partial charge in [0.2, 0.25) is 5.91 Å². The standard InChI is InChI=1S/C10H14N2OS/c13-9(8-4-2-1-3-5-8)12-10-11-6-7-14-10/h6-8H,1-5H2,(H,11,12,13). The summed E-state index contributed by atoms with van der Waals surface area (Å²) in [4.78, 5) is 15.8. The summed E-state index contributed by atoms with van der Waals surface area (Å²) in [6.07, 6.45) is 7.45. The molecule has 2 rings (SSSR count). The highest BCUT2D eigenvalue weighted by molar-refractivity contribution is 7.13. The zero-order valence-corrected chi connectivity index (χ0v) is 8.85. The van der Waals surface area contributed by atoms with E-state index in [0.717, 1.165) is 18.0 Å². The van der Waals surface area contributed by atoms with E-state index < -0.39 is 0 Å². The van der Waals surface area contributed by atoms with Crippen molar-refractivity contribution < 1.29 is 4.79 Å². The Labute approximate surface area is 87.6 Å². The van der Waals surface area contributed by atoms with E-state index >= 15 is 0 Å². The highest BCUT2D eigenvalue weighted by atomic mass is 32.1. The van der Waals surface area contributed by atoms with Gasteiger partial charge in [-0.15, -0.1) is 11.3 Å². The van der Waals surface area contributed by atoms with Gasteiger partial charge in [0.05, 0.1) is 0 Å². The Morgan fingerprint density at radius 3 is 2.86 bits per heavy atom. The molecule has 0 bridgehead atoms. The van der Waals surface area contributed by atoms with Crippen LogP contribution in [0.3, 0.4) is 0 Å². The zero-order chi connectivity index (χ0) is 9.80. The van der Waals surface area contributed by atoms with Gasteiger partial charge in [-0.2, -0.15) is 0 Å². The zero-order valence-electron chi connectivity index (χ0n) is 8.03. The van der Waals surface area contributed by atoms with Crippen molar-refractivity contribution in [2.45, 2.75) is 32.1 Å². The molecule has 0 saturated heterocycles. The van der Waals surface area contributed by atoms with Crippen LogP contribution in [0.25, 0.3) is 0 Å². The second-order valence-electron chi connectivity index (χ2n) is 3.66. The molecule has 0 aromatic carbocycles. The lowest BCUT2D eigenvalue weighted by Gasteiger charge is -2.19. The lowest BCUT2D eigenvalue weighted by Crippen LogP contribution is -2.24. The average Bonchev–Trinajstić information content (AvgIpc) is 2.72. The van der Waals surface area contributed by atoms with Crippen molar-refractivity contribution in [1.29, 1.82) is 0 Å². The number of rotatable bonds is 2. The Bertz CT molecular complexity index is 291. The molecule has 1 aromatic heterocycles. The van der Waals surface area contributed by atoms with Gasteiger partial charge in [-0.3, -0.25) is 4.79 Å². The summed E-state index contributed by atoms with van der Waals surface area (Å²) in [5.41, 5.74) is 0. The number of hydrogen-bond acceptors (Lipinski definition) is 3. The van der Waals surface area contributed by atoms with Crippen molar-refractivity contribution in [3.8, 4) is 0 Å². The number of carbonyl (C=O) groups is 1. The molecule has 76 valence electrons. The molecule has 0 aliphatic heterocycles. The molecule has 0 unspecified atom stereocenters. The number of nitrogens with one attached hydrogen (secondary N) is 1. The molecule has 3 nitrogen and oxygen atoms in total. The van der Waals surface area contributed by atoms with Crippen molar-refractivity contribution in [3.63, 3.8) is 0 Å². The molecular weight excluding hydrogens is 196 g/mol. The number of nitrogens with zero attached hydrogens (tertiary/aromatic N) is 1. The Hall–Kier alpha value is -0.900. The molecule has 1 amide bonds. The largest absolute Gasteiger partial charge is 0.302 e. The number of amides is 1. The molecule has 1 heterocycles. The van der Waals surface area contributed by atoms with Gasteiger partial charge in [-0.1, -0.05) is 19.3 Å². The SMILES string of the molecule is O=C(Nc1nccs1)C1CCCCC1. The molecule has 0 radical (unpaired) electrons. The summed E-state index contributed by atoms with van der Waals surface area (Å²) in [6, 6.07) is 0. The van der Waals surface area contributed by atoms with Crippen LogP contribution in [0.4, 0.5) is 5.13 Å². The van der Waals surface area contributed by atoms with E-state index in [1.54, 1.807) is 6.20 Å². The summed E-state index contributed by atoms with van der Waals surface area (Å²) >= 11 is 1.47. The van der Waals surface area contributed by atoms with E-state index in [9.17, 15) is 4.79 Å². The van der Waals surface area contributed by atoms with Crippen molar-refractivity contribution in [3.05, 3.63) is 11.6 Å². The third kappa shape index (κ3) is 2.32. The first kappa shape index (κ1) is 9.65. The topological polar surface area (TPSA) is 42.0 Å². The molecule has 1 N–H and O–H groups in total. The fourth-order valence-electron chi connectivity index (χ4n) is 1.86. The number of anilines is 1. The van der Waals surface area contributed by atoms with Gasteiger partial charge < -0.3 is 5.32 Å². The minimum absolute atomic E-state index is 0.152. The van der Waals surface area contributed by atoms with Crippen molar-refractivity contribution in [2.75, 3.05) is 5.32 Å². The molecule has 0 spiro atoms. The minimum atomic E-state index is 0.152. The van der Waals surface area contributed by atoms with Gasteiger partial charge in [-0.25, -0.2) is 4.98 Å². The van der Waals surface area contributed by atoms with Crippen LogP contribution in [0.1, 0.15) is 32.1 Å². The van der Waals surface area contributed by atoms with Crippen LogP contribution >= 0.6 is 11.3 Å². The third-order valence-corrected chi connectivity index (χ3v) is 3.33. The van der Waals surface area contributed by atoms with Gasteiger partial charge in [0.1, 0.15) is 0 Å². The van der Waals surface area contributed by atoms with Crippen LogP contribution < -0.4 is 5.32 Å². The van der Waals surface area contributed by atoms with Gasteiger partial charge in [0.25, 0.3) is 0 Å². The fraction of sp³-hybridized carbons (Fsp3) is 0.600. The van der Waals surface area contributed by atoms with E-state index in [2.05, 4.69) is 10.3 Å². The highest BCUT2D eigenvalue weighted by Gasteiger charge is 2.21. The molecule has 4 heteroatoms. The van der Waals surface area contributed by atoms with Gasteiger partial charge in [0.15, 0.2) is 5.13 Å². The first-order chi connectivity index (χ1) is 6.86. The fourth-order valence-corrected chi connectivity index (χ4v) is 2.39. The maximum Gasteiger partial charge on any atom is 0.229 e. The molecular formula is C10H14N2OS. The average molecular weight is 210 g/mol. The van der Waals surface area contributed by atoms with Crippen LogP contribution in [0.5, 0.6) is 0 Å². The first-order valence-electron chi connectivity index (χ1n) is 5.06. The van der Waals surface area contributed by atoms with Crippen LogP contribution in [0, 0.1) is 5.92 Å². The van der Waals surface area contributed by atoms with Crippen molar-refractivity contribution >= 4 is 22.4 Å². The predicted molar refractivity (Wildman–Crippen MR) is 57.3 cm³/mol. The van der Waals surface area contributed by atoms with Crippen LogP contribution in [0.2, 0.25) is 0 Å². The number of aromatic nitrogens is 1. The number of hydrogen-bond donors (Lipinski definition) is 1. The molecule has 1 fully saturated rings. The second kappa shape index (κ2) is 4.55. The molecule has 0 atom stereocenters. The van der Waals surface area contributed by atoms with Crippen LogP contribution in [0.15, 0.2) is 11.6 Å². The van der Waals surface area contributed by atoms with Gasteiger partial charge >= 0.3 is 0 Å². The molecule has 1 aromatic rings. The smallest absolute Gasteiger partial charge is 0.229 e. The van der Waals surface area contributed by atoms with E-state index in [1.165, 1.54) is 30.6 Å². The number of carbonyl (C=O) groups excluding carboxylic acids is 1. The van der Waals surface area contributed by atoms with Gasteiger partial charge in [-0.05, 0) is 12.8 Å². The summed E-state index contributed by atoms with van der Waals surface area (Å²) in [5, 5.41) is 5.45. The maximum atomic E-state index is 11.7. The molecule has 1 saturated carbocycles. The first-order valence-corrected chi connectivity index (χ1v) is 5.94. The Balaban J connectivity index is 1.88. The Morgan fingerprint density at radius 2 is 2.21 bits per heavy atom. The lowest BCUT2D eigenvalue weighted by molar-refractivity contribution is -0.120. The monoisotopic (exact) mass is 210 g/mol. The minimum Gasteiger partial charge on any atom is -0.302 e. The normalized spacial score (nSPS) is 18.0. The maximum absolute atomic E-state index is 11.7. The molecule has 1 aliphatic carbocycles. The Kier molecular flexibility index (Phi) is 3.14. The summed E-state index contributed by atoms with van der Waals surface area (Å²) in [5.74, 6) is 0.368. The summed E-state index contributed by atoms with van der Waals surface area (Å²) in [6.45, 7) is 0. The van der Waals surface area contributed by atoms with Crippen LogP contribution in [-0.4, -0.2) is 10.9 Å². The second-order valence-corrected chi connectivity index (χ2v) is 4.56. The van der Waals surface area contributed by atoms with Crippen LogP contribution in [-0.2, 0) is 4.79 Å². The Morgan fingerprint density at radius 1 is 1.43 bits per heavy atom. The summed E-state index contributed by atoms with van der Waals surface area (Å²) < 4.78 is 0. The van der Waals surface area contributed by atoms with E-state index in [0.29, 0.717) is 0 Å². The highest BCUT2D eigenvalue weighted by Crippen LogP contribution is 2.25. The predicted octanol–water partition coefficient (Wildman–Crippen LogP) is 2.66. The quantitative estimate of drug-likeness (QED) is 0.815. The van der Waals surface area contributed by atoms with Crippen molar-refractivity contribution in [2.24, 2.45) is 5.92 Å². The third-order valence-electron chi connectivity index (χ3n) is 2.64. The lowest BCUT2D eigenvalue weighted by atomic mass is 9.89.